The van der Waals surface area contributed by atoms with Gasteiger partial charge in [-0.2, -0.15) is 0 Å². The molecule has 1 rings (SSSR count). The molecule has 1 heterocycles. The van der Waals surface area contributed by atoms with Gasteiger partial charge in [0.15, 0.2) is 0 Å². The summed E-state index contributed by atoms with van der Waals surface area (Å²) in [6.45, 7) is 8.86. The van der Waals surface area contributed by atoms with Gasteiger partial charge < -0.3 is 4.74 Å². The van der Waals surface area contributed by atoms with Crippen LogP contribution in [0.5, 0.6) is 0 Å². The molecule has 0 N–H and O–H groups in total. The predicted octanol–water partition coefficient (Wildman–Crippen LogP) is 3.79. The molecule has 0 aromatic rings. The Morgan fingerprint density at radius 3 is 2.46 bits per heavy atom. The summed E-state index contributed by atoms with van der Waals surface area (Å²) in [5.74, 6) is 2.93. The monoisotopic (exact) mass is 220 g/mol. The van der Waals surface area contributed by atoms with E-state index in [1.807, 2.05) is 21.6 Å². The third-order valence-electron chi connectivity index (χ3n) is 2.32. The zero-order valence-corrected chi connectivity index (χ0v) is 10.6. The summed E-state index contributed by atoms with van der Waals surface area (Å²) in [7, 11) is 3.88. The van der Waals surface area contributed by atoms with Crippen molar-refractivity contribution in [2.24, 2.45) is 11.8 Å². The van der Waals surface area contributed by atoms with Gasteiger partial charge in [-0.1, -0.05) is 35.4 Å². The van der Waals surface area contributed by atoms with E-state index in [2.05, 4.69) is 27.7 Å². The van der Waals surface area contributed by atoms with E-state index in [0.717, 1.165) is 11.8 Å². The van der Waals surface area contributed by atoms with Crippen LogP contribution in [0.2, 0.25) is 0 Å². The van der Waals surface area contributed by atoms with Crippen molar-refractivity contribution in [1.82, 2.24) is 0 Å². The predicted molar refractivity (Wildman–Crippen MR) is 63.0 cm³/mol. The molecule has 13 heavy (non-hydrogen) atoms. The summed E-state index contributed by atoms with van der Waals surface area (Å²) in [5, 5.41) is 0. The van der Waals surface area contributed by atoms with E-state index < -0.39 is 0 Å². The van der Waals surface area contributed by atoms with Crippen LogP contribution in [0.25, 0.3) is 0 Å². The van der Waals surface area contributed by atoms with Crippen molar-refractivity contribution >= 4 is 21.6 Å². The quantitative estimate of drug-likeness (QED) is 0.670. The summed E-state index contributed by atoms with van der Waals surface area (Å²) in [6, 6.07) is 0. The van der Waals surface area contributed by atoms with Crippen LogP contribution in [0.1, 0.15) is 34.1 Å². The van der Waals surface area contributed by atoms with Crippen LogP contribution in [-0.4, -0.2) is 17.3 Å². The van der Waals surface area contributed by atoms with Gasteiger partial charge in [0.25, 0.3) is 0 Å². The molecule has 0 amide bonds. The van der Waals surface area contributed by atoms with Gasteiger partial charge in [-0.15, -0.1) is 0 Å². The van der Waals surface area contributed by atoms with Gasteiger partial charge in [0.05, 0.1) is 6.10 Å². The Labute approximate surface area is 89.8 Å². The maximum absolute atomic E-state index is 5.81. The van der Waals surface area contributed by atoms with Gasteiger partial charge >= 0.3 is 0 Å². The first-order valence-electron chi connectivity index (χ1n) is 5.03. The molecule has 0 aliphatic carbocycles. The summed E-state index contributed by atoms with van der Waals surface area (Å²) in [4.78, 5) is 0. The largest absolute Gasteiger partial charge is 0.364 e. The third kappa shape index (κ3) is 4.13. The number of rotatable bonds is 3. The highest BCUT2D eigenvalue weighted by atomic mass is 33.1. The van der Waals surface area contributed by atoms with Gasteiger partial charge in [0, 0.05) is 5.75 Å². The van der Waals surface area contributed by atoms with E-state index in [9.17, 15) is 0 Å². The lowest BCUT2D eigenvalue weighted by atomic mass is 9.95. The first kappa shape index (κ1) is 11.7. The van der Waals surface area contributed by atoms with Gasteiger partial charge in [-0.3, -0.25) is 0 Å². The van der Waals surface area contributed by atoms with Crippen LogP contribution in [0, 0.1) is 11.8 Å². The Balaban J connectivity index is 2.33. The molecule has 3 heteroatoms. The van der Waals surface area contributed by atoms with Gasteiger partial charge in [0.1, 0.15) is 5.44 Å². The van der Waals surface area contributed by atoms with Crippen LogP contribution in [0.4, 0.5) is 0 Å². The van der Waals surface area contributed by atoms with Crippen LogP contribution < -0.4 is 0 Å². The van der Waals surface area contributed by atoms with E-state index in [0.29, 0.717) is 11.5 Å². The second-order valence-corrected chi connectivity index (χ2v) is 6.81. The molecule has 1 aliphatic heterocycles. The van der Waals surface area contributed by atoms with Crippen molar-refractivity contribution in [2.75, 3.05) is 5.75 Å². The normalized spacial score (nSPS) is 30.0. The topological polar surface area (TPSA) is 9.23 Å². The van der Waals surface area contributed by atoms with Gasteiger partial charge in [-0.05, 0) is 32.1 Å². The molecule has 78 valence electrons. The second kappa shape index (κ2) is 5.52. The van der Waals surface area contributed by atoms with E-state index in [-0.39, 0.29) is 0 Å². The zero-order valence-electron chi connectivity index (χ0n) is 8.95. The molecular formula is C10H20OS2. The molecular weight excluding hydrogens is 200 g/mol. The minimum absolute atomic E-state index is 0.365. The Bertz CT molecular complexity index is 148. The van der Waals surface area contributed by atoms with Crippen molar-refractivity contribution in [3.05, 3.63) is 0 Å². The van der Waals surface area contributed by atoms with Crippen molar-refractivity contribution < 1.29 is 4.74 Å². The van der Waals surface area contributed by atoms with Gasteiger partial charge in [0.2, 0.25) is 0 Å². The van der Waals surface area contributed by atoms with Crippen LogP contribution in [0.3, 0.4) is 0 Å². The maximum atomic E-state index is 5.81. The lowest BCUT2D eigenvalue weighted by molar-refractivity contribution is 0.0444. The highest BCUT2D eigenvalue weighted by molar-refractivity contribution is 8.77. The molecule has 1 fully saturated rings. The number of ether oxygens (including phenoxy) is 1. The van der Waals surface area contributed by atoms with E-state index in [1.165, 1.54) is 12.2 Å². The first-order chi connectivity index (χ1) is 6.09. The van der Waals surface area contributed by atoms with Crippen LogP contribution >= 0.6 is 21.6 Å². The van der Waals surface area contributed by atoms with E-state index in [1.54, 1.807) is 0 Å². The van der Waals surface area contributed by atoms with E-state index >= 15 is 0 Å². The Morgan fingerprint density at radius 1 is 1.23 bits per heavy atom. The van der Waals surface area contributed by atoms with Crippen LogP contribution in [0.15, 0.2) is 0 Å². The fourth-order valence-electron chi connectivity index (χ4n) is 1.40. The summed E-state index contributed by atoms with van der Waals surface area (Å²) in [5.41, 5.74) is 0.422. The fourth-order valence-corrected chi connectivity index (χ4v) is 4.51. The van der Waals surface area contributed by atoms with Crippen LogP contribution in [-0.2, 0) is 4.74 Å². The molecule has 0 aromatic heterocycles. The molecule has 0 radical (unpaired) electrons. The Hall–Kier alpha value is 0.660. The highest BCUT2D eigenvalue weighted by Crippen LogP contribution is 2.41. The van der Waals surface area contributed by atoms with E-state index in [4.69, 9.17) is 4.74 Å². The second-order valence-electron chi connectivity index (χ2n) is 4.23. The van der Waals surface area contributed by atoms with Crippen molar-refractivity contribution in [3.63, 3.8) is 0 Å². The number of hydrogen-bond donors (Lipinski definition) is 0. The average molecular weight is 220 g/mol. The zero-order chi connectivity index (χ0) is 9.84. The minimum atomic E-state index is 0.365. The third-order valence-corrected chi connectivity index (χ3v) is 5.00. The molecule has 0 bridgehead atoms. The smallest absolute Gasteiger partial charge is 0.113 e. The molecule has 0 spiro atoms. The molecule has 1 nitrogen and oxygen atoms in total. The molecule has 0 saturated carbocycles. The first-order valence-corrected chi connectivity index (χ1v) is 7.41. The Kier molecular flexibility index (Phi) is 4.98. The minimum Gasteiger partial charge on any atom is -0.364 e. The standard InChI is InChI=1S/C10H20OS2/c1-7(2)9-5-10(11-8(3)4)13-12-6-9/h7-10H,5-6H2,1-4H3. The average Bonchev–Trinajstić information content (AvgIpc) is 2.03. The SMILES string of the molecule is CC(C)OC1CC(C(C)C)CSS1. The Morgan fingerprint density at radius 2 is 1.92 bits per heavy atom. The number of hydrogen-bond acceptors (Lipinski definition) is 3. The molecule has 2 atom stereocenters. The van der Waals surface area contributed by atoms with Gasteiger partial charge in [-0.25, -0.2) is 0 Å². The van der Waals surface area contributed by atoms with Crippen molar-refractivity contribution in [1.29, 1.82) is 0 Å². The van der Waals surface area contributed by atoms with Crippen molar-refractivity contribution in [3.8, 4) is 0 Å². The lowest BCUT2D eigenvalue weighted by Gasteiger charge is -2.31. The molecule has 1 saturated heterocycles. The fraction of sp³-hybridized carbons (Fsp3) is 1.00. The maximum Gasteiger partial charge on any atom is 0.113 e. The summed E-state index contributed by atoms with van der Waals surface area (Å²) < 4.78 is 5.81. The molecule has 0 aromatic carbocycles. The lowest BCUT2D eigenvalue weighted by Crippen LogP contribution is -2.25. The molecule has 2 unspecified atom stereocenters. The van der Waals surface area contributed by atoms with Crippen molar-refractivity contribution in [2.45, 2.75) is 45.7 Å². The highest BCUT2D eigenvalue weighted by Gasteiger charge is 2.26. The summed E-state index contributed by atoms with van der Waals surface area (Å²) in [6.07, 6.45) is 1.59. The molecule has 1 aliphatic rings. The summed E-state index contributed by atoms with van der Waals surface area (Å²) >= 11 is 0.